The van der Waals surface area contributed by atoms with Crippen LogP contribution in [0.1, 0.15) is 24.0 Å². The first-order valence-electron chi connectivity index (χ1n) is 4.43. The molecular formula is C12H10. The van der Waals surface area contributed by atoms with Gasteiger partial charge in [-0.05, 0) is 35.1 Å². The van der Waals surface area contributed by atoms with Gasteiger partial charge in [0.25, 0.3) is 0 Å². The van der Waals surface area contributed by atoms with Crippen molar-refractivity contribution in [2.75, 3.05) is 0 Å². The molecule has 0 aromatic heterocycles. The molecule has 2 aliphatic carbocycles. The zero-order chi connectivity index (χ0) is 7.97. The molecule has 0 heterocycles. The number of rotatable bonds is 0. The molecule has 0 fully saturated rings. The fraction of sp³-hybridized carbons (Fsp3) is 0.167. The molecule has 0 saturated carbocycles. The SMILES string of the molecule is C1=CCC2=C(C1)c1ccccc12. The zero-order valence-electron chi connectivity index (χ0n) is 6.88. The Morgan fingerprint density at radius 2 is 1.25 bits per heavy atom. The van der Waals surface area contributed by atoms with Gasteiger partial charge in [0.2, 0.25) is 0 Å². The minimum absolute atomic E-state index is 1.15. The highest BCUT2D eigenvalue weighted by Gasteiger charge is 2.24. The smallest absolute Gasteiger partial charge is 0.00881 e. The molecule has 0 radical (unpaired) electrons. The van der Waals surface area contributed by atoms with Gasteiger partial charge in [0, 0.05) is 0 Å². The van der Waals surface area contributed by atoms with E-state index >= 15 is 0 Å². The van der Waals surface area contributed by atoms with E-state index in [0.717, 1.165) is 12.8 Å². The maximum atomic E-state index is 2.27. The number of hydrogen-bond acceptors (Lipinski definition) is 0. The summed E-state index contributed by atoms with van der Waals surface area (Å²) in [5.74, 6) is 0. The van der Waals surface area contributed by atoms with E-state index in [1.807, 2.05) is 0 Å². The minimum Gasteiger partial charge on any atom is -0.0838 e. The van der Waals surface area contributed by atoms with Gasteiger partial charge in [0.05, 0.1) is 0 Å². The zero-order valence-corrected chi connectivity index (χ0v) is 6.88. The van der Waals surface area contributed by atoms with Gasteiger partial charge in [-0.25, -0.2) is 0 Å². The van der Waals surface area contributed by atoms with Crippen LogP contribution in [0.15, 0.2) is 36.4 Å². The molecular weight excluding hydrogens is 144 g/mol. The van der Waals surface area contributed by atoms with E-state index in [0.29, 0.717) is 0 Å². The van der Waals surface area contributed by atoms with Gasteiger partial charge in [-0.3, -0.25) is 0 Å². The van der Waals surface area contributed by atoms with Crippen molar-refractivity contribution in [3.05, 3.63) is 47.5 Å². The van der Waals surface area contributed by atoms with Crippen molar-refractivity contribution in [2.24, 2.45) is 0 Å². The van der Waals surface area contributed by atoms with E-state index in [9.17, 15) is 0 Å². The molecule has 58 valence electrons. The first-order valence-corrected chi connectivity index (χ1v) is 4.43. The Labute approximate surface area is 72.2 Å². The Morgan fingerprint density at radius 3 is 1.75 bits per heavy atom. The fourth-order valence-corrected chi connectivity index (χ4v) is 2.14. The van der Waals surface area contributed by atoms with Gasteiger partial charge in [-0.15, -0.1) is 0 Å². The van der Waals surface area contributed by atoms with Gasteiger partial charge in [-0.2, -0.15) is 0 Å². The topological polar surface area (TPSA) is 0 Å². The van der Waals surface area contributed by atoms with Crippen LogP contribution in [0.5, 0.6) is 0 Å². The summed E-state index contributed by atoms with van der Waals surface area (Å²) in [5, 5.41) is 0. The van der Waals surface area contributed by atoms with E-state index in [2.05, 4.69) is 36.4 Å². The van der Waals surface area contributed by atoms with Crippen LogP contribution in [0.3, 0.4) is 0 Å². The highest BCUT2D eigenvalue weighted by molar-refractivity contribution is 6.05. The number of hydrogen-bond donors (Lipinski definition) is 0. The average molecular weight is 154 g/mol. The van der Waals surface area contributed by atoms with Crippen molar-refractivity contribution in [1.82, 2.24) is 0 Å². The van der Waals surface area contributed by atoms with Crippen molar-refractivity contribution in [1.29, 1.82) is 0 Å². The molecule has 12 heavy (non-hydrogen) atoms. The Balaban J connectivity index is 2.14. The molecule has 0 saturated heterocycles. The summed E-state index contributed by atoms with van der Waals surface area (Å²) in [6.07, 6.45) is 6.84. The third kappa shape index (κ3) is 0.626. The molecule has 1 aromatic carbocycles. The second-order valence-electron chi connectivity index (χ2n) is 3.38. The summed E-state index contributed by atoms with van der Waals surface area (Å²) in [6, 6.07) is 8.71. The van der Waals surface area contributed by atoms with Crippen LogP contribution in [0.2, 0.25) is 0 Å². The Hall–Kier alpha value is -1.30. The fourth-order valence-electron chi connectivity index (χ4n) is 2.14. The molecule has 1 aromatic rings. The Kier molecular flexibility index (Phi) is 1.09. The normalized spacial score (nSPS) is 18.3. The van der Waals surface area contributed by atoms with Crippen LogP contribution in [0, 0.1) is 0 Å². The molecule has 0 unspecified atom stereocenters. The van der Waals surface area contributed by atoms with E-state index < -0.39 is 0 Å². The van der Waals surface area contributed by atoms with E-state index in [4.69, 9.17) is 0 Å². The summed E-state index contributed by atoms with van der Waals surface area (Å²) < 4.78 is 0. The quantitative estimate of drug-likeness (QED) is 0.503. The molecule has 0 nitrogen and oxygen atoms in total. The lowest BCUT2D eigenvalue weighted by atomic mass is 9.75. The molecule has 2 aliphatic rings. The van der Waals surface area contributed by atoms with Gasteiger partial charge >= 0.3 is 0 Å². The second-order valence-corrected chi connectivity index (χ2v) is 3.38. The van der Waals surface area contributed by atoms with Crippen LogP contribution >= 0.6 is 0 Å². The average Bonchev–Trinajstić information content (AvgIpc) is 2.14. The summed E-state index contributed by atoms with van der Waals surface area (Å²) in [5.41, 5.74) is 6.12. The molecule has 0 amide bonds. The molecule has 0 heteroatoms. The molecule has 0 aliphatic heterocycles. The number of allylic oxidation sites excluding steroid dienone is 4. The van der Waals surface area contributed by atoms with Gasteiger partial charge in [-0.1, -0.05) is 36.4 Å². The highest BCUT2D eigenvalue weighted by atomic mass is 14.3. The lowest BCUT2D eigenvalue weighted by molar-refractivity contribution is 1.20. The Morgan fingerprint density at radius 1 is 0.750 bits per heavy atom. The van der Waals surface area contributed by atoms with Crippen LogP contribution in [-0.4, -0.2) is 0 Å². The first-order chi connectivity index (χ1) is 5.97. The summed E-state index contributed by atoms with van der Waals surface area (Å²) in [4.78, 5) is 0. The van der Waals surface area contributed by atoms with Gasteiger partial charge in [0.15, 0.2) is 0 Å². The first kappa shape index (κ1) is 6.24. The number of fused-ring (bicyclic) bond motifs is 3. The molecule has 0 atom stereocenters. The predicted octanol–water partition coefficient (Wildman–Crippen LogP) is 3.26. The van der Waals surface area contributed by atoms with Crippen molar-refractivity contribution >= 4 is 11.1 Å². The second kappa shape index (κ2) is 2.10. The van der Waals surface area contributed by atoms with Crippen molar-refractivity contribution in [3.8, 4) is 0 Å². The number of benzene rings is 1. The molecule has 0 spiro atoms. The van der Waals surface area contributed by atoms with Crippen LogP contribution < -0.4 is 0 Å². The van der Waals surface area contributed by atoms with Crippen molar-refractivity contribution < 1.29 is 0 Å². The van der Waals surface area contributed by atoms with Crippen molar-refractivity contribution in [2.45, 2.75) is 12.8 Å². The van der Waals surface area contributed by atoms with Crippen molar-refractivity contribution in [3.63, 3.8) is 0 Å². The summed E-state index contributed by atoms with van der Waals surface area (Å²) in [7, 11) is 0. The van der Waals surface area contributed by atoms with Gasteiger partial charge < -0.3 is 0 Å². The largest absolute Gasteiger partial charge is 0.0838 e. The van der Waals surface area contributed by atoms with Crippen LogP contribution in [0.25, 0.3) is 11.1 Å². The minimum atomic E-state index is 1.15. The highest BCUT2D eigenvalue weighted by Crippen LogP contribution is 2.46. The third-order valence-electron chi connectivity index (χ3n) is 2.75. The van der Waals surface area contributed by atoms with E-state index in [1.54, 1.807) is 11.1 Å². The van der Waals surface area contributed by atoms with Gasteiger partial charge in [0.1, 0.15) is 0 Å². The van der Waals surface area contributed by atoms with E-state index in [-0.39, 0.29) is 0 Å². The van der Waals surface area contributed by atoms with Crippen LogP contribution in [-0.2, 0) is 0 Å². The molecule has 0 N–H and O–H groups in total. The van der Waals surface area contributed by atoms with Crippen LogP contribution in [0.4, 0.5) is 0 Å². The molecule has 0 bridgehead atoms. The molecule has 3 rings (SSSR count). The maximum absolute atomic E-state index is 2.27. The summed E-state index contributed by atoms with van der Waals surface area (Å²) in [6.45, 7) is 0. The predicted molar refractivity (Wildman–Crippen MR) is 51.6 cm³/mol. The standard InChI is InChI=1S/C12H10/c1-2-6-10-9(5-1)11-7-3-4-8-12(10)11/h1-6H,7-8H2. The maximum Gasteiger partial charge on any atom is -0.00881 e. The summed E-state index contributed by atoms with van der Waals surface area (Å²) >= 11 is 0. The third-order valence-corrected chi connectivity index (χ3v) is 2.75. The van der Waals surface area contributed by atoms with E-state index in [1.165, 1.54) is 11.1 Å². The lowest BCUT2D eigenvalue weighted by Gasteiger charge is -2.29. The Bertz CT molecular complexity index is 357. The lowest BCUT2D eigenvalue weighted by Crippen LogP contribution is -2.07. The monoisotopic (exact) mass is 154 g/mol.